The first kappa shape index (κ1) is 14.9. The molecule has 0 amide bonds. The molecule has 0 atom stereocenters. The smallest absolute Gasteiger partial charge is 0.338 e. The van der Waals surface area contributed by atoms with E-state index in [4.69, 9.17) is 16.7 Å². The average molecular weight is 304 g/mol. The SMILES string of the molecule is O=C(CC(=O)c1ncccc1C(=O)O)c1ccc(Cl)cc1. The molecular weight excluding hydrogens is 294 g/mol. The van der Waals surface area contributed by atoms with E-state index in [9.17, 15) is 14.4 Å². The first-order valence-corrected chi connectivity index (χ1v) is 6.37. The first-order valence-electron chi connectivity index (χ1n) is 5.99. The lowest BCUT2D eigenvalue weighted by molar-refractivity contribution is 0.0689. The maximum absolute atomic E-state index is 12.0. The van der Waals surface area contributed by atoms with Gasteiger partial charge >= 0.3 is 5.97 Å². The highest BCUT2D eigenvalue weighted by molar-refractivity contribution is 6.30. The van der Waals surface area contributed by atoms with Gasteiger partial charge in [-0.25, -0.2) is 4.79 Å². The van der Waals surface area contributed by atoms with Gasteiger partial charge in [0.1, 0.15) is 5.69 Å². The number of benzene rings is 1. The van der Waals surface area contributed by atoms with Crippen molar-refractivity contribution in [3.63, 3.8) is 0 Å². The van der Waals surface area contributed by atoms with Crippen LogP contribution in [0.25, 0.3) is 0 Å². The Kier molecular flexibility index (Phi) is 4.45. The number of hydrogen-bond donors (Lipinski definition) is 1. The number of carbonyl (C=O) groups excluding carboxylic acids is 2. The Morgan fingerprint density at radius 1 is 1.05 bits per heavy atom. The third-order valence-corrected chi connectivity index (χ3v) is 3.04. The second kappa shape index (κ2) is 6.28. The van der Waals surface area contributed by atoms with Crippen LogP contribution in [-0.2, 0) is 0 Å². The second-order valence-corrected chi connectivity index (χ2v) is 4.67. The van der Waals surface area contributed by atoms with Gasteiger partial charge in [-0.15, -0.1) is 0 Å². The summed E-state index contributed by atoms with van der Waals surface area (Å²) in [5.74, 6) is -2.31. The molecular formula is C15H10ClNO4. The minimum absolute atomic E-state index is 0.215. The third-order valence-electron chi connectivity index (χ3n) is 2.79. The Morgan fingerprint density at radius 2 is 1.71 bits per heavy atom. The van der Waals surface area contributed by atoms with Crippen molar-refractivity contribution < 1.29 is 19.5 Å². The Morgan fingerprint density at radius 3 is 2.33 bits per heavy atom. The Hall–Kier alpha value is -2.53. The molecule has 0 radical (unpaired) electrons. The number of ketones is 2. The van der Waals surface area contributed by atoms with Crippen LogP contribution in [0, 0.1) is 0 Å². The Bertz CT molecular complexity index is 710. The van der Waals surface area contributed by atoms with Crippen LogP contribution in [0.15, 0.2) is 42.6 Å². The lowest BCUT2D eigenvalue weighted by Crippen LogP contribution is -2.14. The van der Waals surface area contributed by atoms with Gasteiger partial charge in [0.25, 0.3) is 0 Å². The largest absolute Gasteiger partial charge is 0.478 e. The molecule has 0 bridgehead atoms. The van der Waals surface area contributed by atoms with E-state index in [0.29, 0.717) is 10.6 Å². The fourth-order valence-electron chi connectivity index (χ4n) is 1.77. The van der Waals surface area contributed by atoms with E-state index in [1.165, 1.54) is 30.5 Å². The van der Waals surface area contributed by atoms with Crippen molar-refractivity contribution in [2.24, 2.45) is 0 Å². The number of aromatic nitrogens is 1. The summed E-state index contributed by atoms with van der Waals surface area (Å²) >= 11 is 5.72. The van der Waals surface area contributed by atoms with Crippen LogP contribution in [0.2, 0.25) is 5.02 Å². The van der Waals surface area contributed by atoms with Gasteiger partial charge in [0.05, 0.1) is 12.0 Å². The zero-order chi connectivity index (χ0) is 15.4. The number of Topliss-reactive ketones (excluding diaryl/α,β-unsaturated/α-hetero) is 2. The van der Waals surface area contributed by atoms with Crippen molar-refractivity contribution in [2.75, 3.05) is 0 Å². The van der Waals surface area contributed by atoms with Gasteiger partial charge in [0.15, 0.2) is 11.6 Å². The van der Waals surface area contributed by atoms with E-state index in [2.05, 4.69) is 4.98 Å². The van der Waals surface area contributed by atoms with Gasteiger partial charge in [0, 0.05) is 16.8 Å². The van der Waals surface area contributed by atoms with Crippen molar-refractivity contribution in [1.82, 2.24) is 4.98 Å². The molecule has 1 N–H and O–H groups in total. The number of halogens is 1. The third kappa shape index (κ3) is 3.52. The topological polar surface area (TPSA) is 84.3 Å². The molecule has 2 aromatic rings. The molecule has 0 unspecified atom stereocenters. The predicted octanol–water partition coefficient (Wildman–Crippen LogP) is 2.89. The lowest BCUT2D eigenvalue weighted by atomic mass is 10.0. The van der Waals surface area contributed by atoms with Gasteiger partial charge in [-0.2, -0.15) is 0 Å². The minimum atomic E-state index is -1.26. The van der Waals surface area contributed by atoms with Crippen molar-refractivity contribution >= 4 is 29.1 Å². The number of pyridine rings is 1. The van der Waals surface area contributed by atoms with Gasteiger partial charge in [-0.3, -0.25) is 14.6 Å². The summed E-state index contributed by atoms with van der Waals surface area (Å²) in [5.41, 5.74) is -0.0979. The molecule has 0 saturated carbocycles. The van der Waals surface area contributed by atoms with Gasteiger partial charge in [-0.1, -0.05) is 11.6 Å². The molecule has 106 valence electrons. The zero-order valence-electron chi connectivity index (χ0n) is 10.7. The normalized spacial score (nSPS) is 10.1. The molecule has 1 aromatic heterocycles. The van der Waals surface area contributed by atoms with Crippen LogP contribution >= 0.6 is 11.6 Å². The molecule has 0 aliphatic heterocycles. The second-order valence-electron chi connectivity index (χ2n) is 4.23. The molecule has 0 aliphatic carbocycles. The van der Waals surface area contributed by atoms with Gasteiger partial charge in [0.2, 0.25) is 0 Å². The summed E-state index contributed by atoms with van der Waals surface area (Å²) in [6, 6.07) is 8.80. The molecule has 21 heavy (non-hydrogen) atoms. The summed E-state index contributed by atoms with van der Waals surface area (Å²) < 4.78 is 0. The summed E-state index contributed by atoms with van der Waals surface area (Å²) in [5, 5.41) is 9.49. The predicted molar refractivity (Wildman–Crippen MR) is 75.9 cm³/mol. The number of carbonyl (C=O) groups is 3. The molecule has 1 heterocycles. The average Bonchev–Trinajstić information content (AvgIpc) is 2.47. The van der Waals surface area contributed by atoms with Crippen LogP contribution in [0.1, 0.15) is 37.6 Å². The number of carboxylic acids is 1. The fourth-order valence-corrected chi connectivity index (χ4v) is 1.89. The first-order chi connectivity index (χ1) is 9.99. The molecule has 0 spiro atoms. The minimum Gasteiger partial charge on any atom is -0.478 e. The molecule has 0 fully saturated rings. The standard InChI is InChI=1S/C15H10ClNO4/c16-10-5-3-9(4-6-10)12(18)8-13(19)14-11(15(20)21)2-1-7-17-14/h1-7H,8H2,(H,20,21). The maximum atomic E-state index is 12.0. The Labute approximate surface area is 125 Å². The lowest BCUT2D eigenvalue weighted by Gasteiger charge is -2.04. The summed E-state index contributed by atoms with van der Waals surface area (Å²) in [7, 11) is 0. The maximum Gasteiger partial charge on any atom is 0.338 e. The summed E-state index contributed by atoms with van der Waals surface area (Å²) in [4.78, 5) is 38.8. The number of rotatable bonds is 5. The summed E-state index contributed by atoms with van der Waals surface area (Å²) in [6.45, 7) is 0. The number of nitrogens with zero attached hydrogens (tertiary/aromatic N) is 1. The van der Waals surface area contributed by atoms with E-state index >= 15 is 0 Å². The quantitative estimate of drug-likeness (QED) is 0.678. The fraction of sp³-hybridized carbons (Fsp3) is 0.0667. The van der Waals surface area contributed by atoms with Crippen molar-refractivity contribution in [2.45, 2.75) is 6.42 Å². The molecule has 0 aliphatic rings. The molecule has 5 nitrogen and oxygen atoms in total. The van der Waals surface area contributed by atoms with Crippen LogP contribution < -0.4 is 0 Å². The van der Waals surface area contributed by atoms with E-state index in [1.807, 2.05) is 0 Å². The van der Waals surface area contributed by atoms with Gasteiger partial charge in [-0.05, 0) is 36.4 Å². The van der Waals surface area contributed by atoms with Crippen LogP contribution in [0.5, 0.6) is 0 Å². The highest BCUT2D eigenvalue weighted by Crippen LogP contribution is 2.14. The Balaban J connectivity index is 2.20. The number of carboxylic acid groups (broad SMARTS) is 1. The van der Waals surface area contributed by atoms with E-state index in [-0.39, 0.29) is 11.3 Å². The van der Waals surface area contributed by atoms with Crippen molar-refractivity contribution in [3.8, 4) is 0 Å². The zero-order valence-corrected chi connectivity index (χ0v) is 11.5. The number of aromatic carboxylic acids is 1. The molecule has 1 aromatic carbocycles. The molecule has 0 saturated heterocycles. The van der Waals surface area contributed by atoms with E-state index in [1.54, 1.807) is 12.1 Å². The van der Waals surface area contributed by atoms with Crippen LogP contribution in [-0.4, -0.2) is 27.6 Å². The highest BCUT2D eigenvalue weighted by Gasteiger charge is 2.20. The molecule has 2 rings (SSSR count). The summed E-state index contributed by atoms with van der Waals surface area (Å²) in [6.07, 6.45) is 0.866. The monoisotopic (exact) mass is 303 g/mol. The van der Waals surface area contributed by atoms with E-state index in [0.717, 1.165) is 0 Å². The van der Waals surface area contributed by atoms with E-state index < -0.39 is 24.0 Å². The van der Waals surface area contributed by atoms with Crippen LogP contribution in [0.3, 0.4) is 0 Å². The van der Waals surface area contributed by atoms with Crippen molar-refractivity contribution in [3.05, 3.63) is 64.4 Å². The molecule has 6 heteroatoms. The highest BCUT2D eigenvalue weighted by atomic mass is 35.5. The van der Waals surface area contributed by atoms with Crippen LogP contribution in [0.4, 0.5) is 0 Å². The number of hydrogen-bond acceptors (Lipinski definition) is 4. The van der Waals surface area contributed by atoms with Crippen molar-refractivity contribution in [1.29, 1.82) is 0 Å². The van der Waals surface area contributed by atoms with Gasteiger partial charge < -0.3 is 5.11 Å².